The van der Waals surface area contributed by atoms with Crippen molar-refractivity contribution in [1.82, 2.24) is 0 Å². The topological polar surface area (TPSA) is 114 Å². The van der Waals surface area contributed by atoms with Crippen molar-refractivity contribution in [3.05, 3.63) is 34.4 Å². The molecule has 0 bridgehead atoms. The monoisotopic (exact) mass is 444 g/mol. The molecule has 0 unspecified atom stereocenters. The molecular weight excluding hydrogens is 412 g/mol. The Morgan fingerprint density at radius 1 is 1.12 bits per heavy atom. The van der Waals surface area contributed by atoms with E-state index < -0.39 is 28.2 Å². The Labute approximate surface area is 187 Å². The van der Waals surface area contributed by atoms with Gasteiger partial charge in [-0.05, 0) is 74.3 Å². The standard InChI is InChI=1S/C25H32O7/c1-23-8-7-18-19(4-3-16-10-17(28)6-9-24(16,18)13-26)25(23,30)11-20(32-14-27)22(23)15-2-5-21(29)31-12-15/h2,5,12-14,16-20,22,28,30H,3-4,6-11H2,1H3/t16-,17-,18+,19-,20-,22-,23+,24+,25-/m0/s1. The van der Waals surface area contributed by atoms with Crippen molar-refractivity contribution in [1.29, 1.82) is 0 Å². The first kappa shape index (κ1) is 21.8. The van der Waals surface area contributed by atoms with Crippen molar-refractivity contribution in [2.75, 3.05) is 0 Å². The van der Waals surface area contributed by atoms with Crippen molar-refractivity contribution < 1.29 is 29.0 Å². The third-order valence-corrected chi connectivity index (χ3v) is 9.91. The maximum Gasteiger partial charge on any atom is 0.335 e. The normalized spacial score (nSPS) is 47.6. The zero-order valence-corrected chi connectivity index (χ0v) is 18.4. The average Bonchev–Trinajstić information content (AvgIpc) is 3.01. The lowest BCUT2D eigenvalue weighted by Crippen LogP contribution is -2.63. The van der Waals surface area contributed by atoms with Gasteiger partial charge < -0.3 is 24.2 Å². The predicted octanol–water partition coefficient (Wildman–Crippen LogP) is 2.57. The molecule has 32 heavy (non-hydrogen) atoms. The molecule has 1 heterocycles. The van der Waals surface area contributed by atoms with E-state index in [2.05, 4.69) is 6.92 Å². The molecule has 0 radical (unpaired) electrons. The fraction of sp³-hybridized carbons (Fsp3) is 0.720. The van der Waals surface area contributed by atoms with E-state index in [1.807, 2.05) is 0 Å². The van der Waals surface area contributed by atoms with Gasteiger partial charge in [-0.25, -0.2) is 4.79 Å². The van der Waals surface area contributed by atoms with E-state index in [0.717, 1.165) is 31.1 Å². The van der Waals surface area contributed by atoms with Crippen molar-refractivity contribution >= 4 is 12.8 Å². The number of aliphatic hydroxyl groups excluding tert-OH is 1. The Balaban J connectivity index is 1.56. The van der Waals surface area contributed by atoms with Crippen LogP contribution in [0.15, 0.2) is 27.6 Å². The highest BCUT2D eigenvalue weighted by Gasteiger charge is 2.71. The highest BCUT2D eigenvalue weighted by atomic mass is 16.5. The fourth-order valence-electron chi connectivity index (χ4n) is 8.47. The van der Waals surface area contributed by atoms with E-state index in [-0.39, 0.29) is 29.8 Å². The van der Waals surface area contributed by atoms with Gasteiger partial charge in [0.1, 0.15) is 12.4 Å². The minimum atomic E-state index is -1.11. The summed E-state index contributed by atoms with van der Waals surface area (Å²) in [5.74, 6) is -0.188. The van der Waals surface area contributed by atoms with Gasteiger partial charge in [0, 0.05) is 29.2 Å². The highest BCUT2D eigenvalue weighted by molar-refractivity contribution is 5.62. The number of carbonyl (C=O) groups is 2. The summed E-state index contributed by atoms with van der Waals surface area (Å²) >= 11 is 0. The molecule has 5 rings (SSSR count). The van der Waals surface area contributed by atoms with E-state index in [9.17, 15) is 24.6 Å². The third-order valence-electron chi connectivity index (χ3n) is 9.91. The van der Waals surface area contributed by atoms with E-state index in [0.29, 0.717) is 38.6 Å². The number of fused-ring (bicyclic) bond motifs is 5. The van der Waals surface area contributed by atoms with Crippen LogP contribution in [0.1, 0.15) is 69.8 Å². The molecule has 174 valence electrons. The molecule has 4 aliphatic rings. The Morgan fingerprint density at radius 2 is 1.94 bits per heavy atom. The van der Waals surface area contributed by atoms with Crippen LogP contribution in [0.2, 0.25) is 0 Å². The first-order valence-electron chi connectivity index (χ1n) is 11.8. The van der Waals surface area contributed by atoms with Crippen LogP contribution in [0.5, 0.6) is 0 Å². The van der Waals surface area contributed by atoms with Gasteiger partial charge in [0.2, 0.25) is 0 Å². The number of rotatable bonds is 4. The first-order valence-corrected chi connectivity index (χ1v) is 11.8. The molecular formula is C25H32O7. The van der Waals surface area contributed by atoms with E-state index in [1.165, 1.54) is 12.3 Å². The molecule has 4 fully saturated rings. The van der Waals surface area contributed by atoms with Crippen LogP contribution >= 0.6 is 0 Å². The van der Waals surface area contributed by atoms with Crippen molar-refractivity contribution in [2.45, 2.75) is 82.0 Å². The number of carbonyl (C=O) groups excluding carboxylic acids is 2. The van der Waals surface area contributed by atoms with Crippen LogP contribution in [-0.4, -0.2) is 40.8 Å². The fourth-order valence-corrected chi connectivity index (χ4v) is 8.47. The summed E-state index contributed by atoms with van der Waals surface area (Å²) in [5, 5.41) is 22.6. The summed E-state index contributed by atoms with van der Waals surface area (Å²) in [5.41, 5.74) is -1.91. The second-order valence-electron chi connectivity index (χ2n) is 10.9. The molecule has 0 aromatic carbocycles. The zero-order valence-electron chi connectivity index (χ0n) is 18.4. The maximum atomic E-state index is 12.6. The summed E-state index contributed by atoms with van der Waals surface area (Å²) in [4.78, 5) is 35.4. The van der Waals surface area contributed by atoms with Gasteiger partial charge in [0.05, 0.1) is 18.0 Å². The van der Waals surface area contributed by atoms with Gasteiger partial charge in [-0.1, -0.05) is 6.92 Å². The quantitative estimate of drug-likeness (QED) is 0.686. The molecule has 0 saturated heterocycles. The third kappa shape index (κ3) is 2.83. The molecule has 7 heteroatoms. The van der Waals surface area contributed by atoms with Gasteiger partial charge in [-0.2, -0.15) is 0 Å². The number of hydrogen-bond acceptors (Lipinski definition) is 7. The molecule has 1 aromatic heterocycles. The van der Waals surface area contributed by atoms with Gasteiger partial charge >= 0.3 is 5.63 Å². The van der Waals surface area contributed by atoms with Crippen molar-refractivity contribution in [3.8, 4) is 0 Å². The van der Waals surface area contributed by atoms with Gasteiger partial charge in [0.25, 0.3) is 6.47 Å². The predicted molar refractivity (Wildman–Crippen MR) is 114 cm³/mol. The van der Waals surface area contributed by atoms with E-state index in [1.54, 1.807) is 6.07 Å². The lowest BCUT2D eigenvalue weighted by atomic mass is 9.43. The van der Waals surface area contributed by atoms with Crippen molar-refractivity contribution in [3.63, 3.8) is 0 Å². The maximum absolute atomic E-state index is 12.6. The van der Waals surface area contributed by atoms with Crippen LogP contribution in [0.3, 0.4) is 0 Å². The van der Waals surface area contributed by atoms with Gasteiger partial charge in [-0.15, -0.1) is 0 Å². The number of aldehydes is 1. The minimum absolute atomic E-state index is 0.0497. The van der Waals surface area contributed by atoms with Gasteiger partial charge in [0.15, 0.2) is 0 Å². The Bertz CT molecular complexity index is 937. The number of ether oxygens (including phenoxy) is 1. The summed E-state index contributed by atoms with van der Waals surface area (Å²) in [7, 11) is 0. The van der Waals surface area contributed by atoms with Crippen molar-refractivity contribution in [2.24, 2.45) is 28.6 Å². The van der Waals surface area contributed by atoms with Crippen LogP contribution < -0.4 is 5.63 Å². The zero-order chi connectivity index (χ0) is 22.7. The molecule has 0 aliphatic heterocycles. The first-order chi connectivity index (χ1) is 15.3. The minimum Gasteiger partial charge on any atom is -0.464 e. The molecule has 4 saturated carbocycles. The number of aliphatic hydroxyl groups is 2. The summed E-state index contributed by atoms with van der Waals surface area (Å²) in [6.45, 7) is 2.49. The SMILES string of the molecule is C[C@]12CC[C@@H]3[C@H](CC[C@H]4C[C@@H](O)CC[C@@]43C=O)[C@@]1(O)C[C@H](OC=O)[C@@H]2c1ccc(=O)oc1. The molecule has 2 N–H and O–H groups in total. The lowest BCUT2D eigenvalue weighted by Gasteiger charge is -2.62. The lowest BCUT2D eigenvalue weighted by molar-refractivity contribution is -0.204. The molecule has 4 aliphatic carbocycles. The van der Waals surface area contributed by atoms with Crippen LogP contribution in [0.4, 0.5) is 0 Å². The summed E-state index contributed by atoms with van der Waals surface area (Å²) < 4.78 is 10.6. The summed E-state index contributed by atoms with van der Waals surface area (Å²) in [6.07, 6.45) is 6.97. The highest BCUT2D eigenvalue weighted by Crippen LogP contribution is 2.70. The molecule has 9 atom stereocenters. The summed E-state index contributed by atoms with van der Waals surface area (Å²) in [6, 6.07) is 3.06. The second kappa shape index (κ2) is 7.52. The largest absolute Gasteiger partial charge is 0.464 e. The Hall–Kier alpha value is -1.99. The van der Waals surface area contributed by atoms with E-state index in [4.69, 9.17) is 9.15 Å². The van der Waals surface area contributed by atoms with Crippen LogP contribution in [-0.2, 0) is 14.3 Å². The second-order valence-corrected chi connectivity index (χ2v) is 10.9. The molecule has 7 nitrogen and oxygen atoms in total. The molecule has 0 spiro atoms. The Morgan fingerprint density at radius 3 is 2.62 bits per heavy atom. The Kier molecular flexibility index (Phi) is 5.13. The van der Waals surface area contributed by atoms with Gasteiger partial charge in [-0.3, -0.25) is 4.79 Å². The smallest absolute Gasteiger partial charge is 0.335 e. The van der Waals surface area contributed by atoms with Crippen LogP contribution in [0, 0.1) is 28.6 Å². The molecule has 1 aromatic rings. The number of hydrogen-bond donors (Lipinski definition) is 2. The average molecular weight is 445 g/mol. The van der Waals surface area contributed by atoms with E-state index >= 15 is 0 Å². The molecule has 0 amide bonds. The van der Waals surface area contributed by atoms with Crippen LogP contribution in [0.25, 0.3) is 0 Å².